The number of aromatic hydroxyl groups is 1. The molecule has 0 saturated carbocycles. The van der Waals surface area contributed by atoms with Crippen molar-refractivity contribution < 1.29 is 27.5 Å². The predicted octanol–water partition coefficient (Wildman–Crippen LogP) is 5.18. The van der Waals surface area contributed by atoms with E-state index >= 15 is 0 Å². The number of fused-ring (bicyclic) bond motifs is 1. The molecule has 0 spiro atoms. The van der Waals surface area contributed by atoms with Crippen molar-refractivity contribution in [1.29, 1.82) is 0 Å². The zero-order valence-corrected chi connectivity index (χ0v) is 20.9. The van der Waals surface area contributed by atoms with E-state index < -0.39 is 6.36 Å². The molecule has 1 fully saturated rings. The number of nitrogens with zero attached hydrogens (tertiary/aromatic N) is 4. The molecule has 3 heterocycles. The highest BCUT2D eigenvalue weighted by atomic mass is 35.5. The number of hydrogen-bond donors (Lipinski definition) is 2. The number of alkyl halides is 3. The number of hydrogen-bond acceptors (Lipinski definition) is 7. The maximum Gasteiger partial charge on any atom is 0.573 e. The van der Waals surface area contributed by atoms with Crippen molar-refractivity contribution in [3.8, 4) is 23.0 Å². The molecule has 0 aliphatic carbocycles. The summed E-state index contributed by atoms with van der Waals surface area (Å²) in [6, 6.07) is 8.92. The van der Waals surface area contributed by atoms with E-state index in [9.17, 15) is 18.3 Å². The van der Waals surface area contributed by atoms with Crippen LogP contribution in [0.25, 0.3) is 22.2 Å². The van der Waals surface area contributed by atoms with Crippen molar-refractivity contribution in [2.24, 2.45) is 0 Å². The van der Waals surface area contributed by atoms with Gasteiger partial charge in [-0.15, -0.1) is 13.2 Å². The van der Waals surface area contributed by atoms with Crippen molar-refractivity contribution in [3.05, 3.63) is 59.1 Å². The van der Waals surface area contributed by atoms with E-state index in [1.165, 1.54) is 24.3 Å². The van der Waals surface area contributed by atoms with Crippen LogP contribution in [-0.4, -0.2) is 56.2 Å². The lowest BCUT2D eigenvalue weighted by Crippen LogP contribution is -2.56. The summed E-state index contributed by atoms with van der Waals surface area (Å²) in [4.78, 5) is 6.79. The van der Waals surface area contributed by atoms with Gasteiger partial charge in [-0.25, -0.2) is 0 Å². The number of halogens is 4. The average molecular weight is 536 g/mol. The molecule has 8 nitrogen and oxygen atoms in total. The summed E-state index contributed by atoms with van der Waals surface area (Å²) in [6.07, 6.45) is -3.04. The van der Waals surface area contributed by atoms with Gasteiger partial charge in [0.1, 0.15) is 5.75 Å². The fourth-order valence-corrected chi connectivity index (χ4v) is 4.90. The van der Waals surface area contributed by atoms with Gasteiger partial charge >= 0.3 is 6.36 Å². The van der Waals surface area contributed by atoms with E-state index in [0.29, 0.717) is 45.2 Å². The Kier molecular flexibility index (Phi) is 6.55. The summed E-state index contributed by atoms with van der Waals surface area (Å²) < 4.78 is 48.1. The Labute approximate surface area is 215 Å². The number of benzene rings is 2. The molecule has 2 N–H and O–H groups in total. The molecule has 37 heavy (non-hydrogen) atoms. The molecule has 2 aromatic heterocycles. The van der Waals surface area contributed by atoms with Crippen LogP contribution in [0.3, 0.4) is 0 Å². The first kappa shape index (κ1) is 25.4. The van der Waals surface area contributed by atoms with Crippen LogP contribution in [0.2, 0.25) is 5.02 Å². The molecule has 1 aliphatic heterocycles. The van der Waals surface area contributed by atoms with E-state index in [2.05, 4.69) is 38.9 Å². The Morgan fingerprint density at radius 3 is 2.65 bits per heavy atom. The number of aromatic nitrogens is 3. The summed E-state index contributed by atoms with van der Waals surface area (Å²) >= 11 is 6.51. The fraction of sp³-hybridized carbons (Fsp3) is 0.360. The number of rotatable bonds is 6. The van der Waals surface area contributed by atoms with Gasteiger partial charge in [-0.05, 0) is 43.7 Å². The van der Waals surface area contributed by atoms with Gasteiger partial charge in [-0.3, -0.25) is 4.90 Å². The zero-order valence-electron chi connectivity index (χ0n) is 20.1. The van der Waals surface area contributed by atoms with Crippen molar-refractivity contribution >= 4 is 22.4 Å². The van der Waals surface area contributed by atoms with E-state index in [-0.39, 0.29) is 23.7 Å². The summed E-state index contributed by atoms with van der Waals surface area (Å²) in [7, 11) is 0. The SMILES string of the molecule is CC1(C)CN(Cc2nc(-c3cc(Cl)c4c(O)n(Cc5ccc(OC(F)(F)F)cc5)cc4c3)no2)CCN1. The van der Waals surface area contributed by atoms with Crippen LogP contribution in [0.15, 0.2) is 47.1 Å². The van der Waals surface area contributed by atoms with Gasteiger partial charge in [0.15, 0.2) is 0 Å². The van der Waals surface area contributed by atoms with Crippen LogP contribution < -0.4 is 10.1 Å². The fourth-order valence-electron chi connectivity index (χ4n) is 4.59. The van der Waals surface area contributed by atoms with Crippen LogP contribution in [0, 0.1) is 0 Å². The van der Waals surface area contributed by atoms with Crippen LogP contribution in [0.4, 0.5) is 13.2 Å². The van der Waals surface area contributed by atoms with Gasteiger partial charge in [0.2, 0.25) is 17.6 Å². The van der Waals surface area contributed by atoms with Crippen molar-refractivity contribution in [1.82, 2.24) is 24.9 Å². The minimum atomic E-state index is -4.76. The summed E-state index contributed by atoms with van der Waals surface area (Å²) in [5, 5.41) is 19.8. The highest BCUT2D eigenvalue weighted by Gasteiger charge is 2.31. The molecule has 12 heteroatoms. The van der Waals surface area contributed by atoms with Crippen LogP contribution in [-0.2, 0) is 13.1 Å². The molecular formula is C25H25ClF3N5O3. The van der Waals surface area contributed by atoms with Gasteiger partial charge in [0, 0.05) is 42.3 Å². The van der Waals surface area contributed by atoms with Gasteiger partial charge in [0.05, 0.1) is 23.5 Å². The molecule has 0 bridgehead atoms. The highest BCUT2D eigenvalue weighted by Crippen LogP contribution is 2.37. The van der Waals surface area contributed by atoms with Crippen LogP contribution in [0.5, 0.6) is 11.6 Å². The lowest BCUT2D eigenvalue weighted by molar-refractivity contribution is -0.274. The van der Waals surface area contributed by atoms with Crippen molar-refractivity contribution in [2.45, 2.75) is 38.8 Å². The Bertz CT molecular complexity index is 1420. The Morgan fingerprint density at radius 2 is 1.95 bits per heavy atom. The molecule has 1 aliphatic rings. The van der Waals surface area contributed by atoms with E-state index in [1.54, 1.807) is 22.9 Å². The molecule has 4 aromatic rings. The maximum atomic E-state index is 12.4. The van der Waals surface area contributed by atoms with Crippen molar-refractivity contribution in [2.75, 3.05) is 19.6 Å². The second kappa shape index (κ2) is 9.55. The van der Waals surface area contributed by atoms with Gasteiger partial charge in [-0.2, -0.15) is 4.98 Å². The first-order chi connectivity index (χ1) is 17.5. The molecule has 5 rings (SSSR count). The predicted molar refractivity (Wildman–Crippen MR) is 131 cm³/mol. The van der Waals surface area contributed by atoms with Crippen LogP contribution >= 0.6 is 11.6 Å². The third kappa shape index (κ3) is 5.84. The monoisotopic (exact) mass is 535 g/mol. The second-order valence-corrected chi connectivity index (χ2v) is 10.1. The first-order valence-corrected chi connectivity index (χ1v) is 12.0. The molecule has 0 atom stereocenters. The Balaban J connectivity index is 1.35. The van der Waals surface area contributed by atoms with Gasteiger partial charge < -0.3 is 24.3 Å². The standard InChI is InChI=1S/C25H25ClF3N5O3/c1-24(2)14-33(8-7-30-24)13-20-31-22(32-37-20)16-9-17-12-34(23(35)21(17)19(26)10-16)11-15-3-5-18(6-4-15)36-25(27,28)29/h3-6,9-10,12,30,35H,7-8,11,13-14H2,1-2H3. The molecule has 0 unspecified atom stereocenters. The average Bonchev–Trinajstić information content (AvgIpc) is 3.38. The summed E-state index contributed by atoms with van der Waals surface area (Å²) in [5.74, 6) is 0.520. The van der Waals surface area contributed by atoms with Crippen LogP contribution in [0.1, 0.15) is 25.3 Å². The smallest absolute Gasteiger partial charge is 0.494 e. The Morgan fingerprint density at radius 1 is 1.19 bits per heavy atom. The lowest BCUT2D eigenvalue weighted by Gasteiger charge is -2.38. The summed E-state index contributed by atoms with van der Waals surface area (Å²) in [5.41, 5.74) is 1.31. The molecule has 1 saturated heterocycles. The lowest BCUT2D eigenvalue weighted by atomic mass is 10.0. The first-order valence-electron chi connectivity index (χ1n) is 11.6. The number of ether oxygens (including phenoxy) is 1. The minimum Gasteiger partial charge on any atom is -0.494 e. The third-order valence-electron chi connectivity index (χ3n) is 6.16. The number of nitrogens with one attached hydrogen (secondary N) is 1. The summed E-state index contributed by atoms with van der Waals surface area (Å²) in [6.45, 7) is 7.66. The quantitative estimate of drug-likeness (QED) is 0.352. The third-order valence-corrected chi connectivity index (χ3v) is 6.45. The molecule has 0 amide bonds. The molecule has 0 radical (unpaired) electrons. The van der Waals surface area contributed by atoms with E-state index in [1.807, 2.05) is 0 Å². The maximum absolute atomic E-state index is 12.4. The zero-order chi connectivity index (χ0) is 26.4. The van der Waals surface area contributed by atoms with Crippen molar-refractivity contribution in [3.63, 3.8) is 0 Å². The minimum absolute atomic E-state index is 0.00764. The second-order valence-electron chi connectivity index (χ2n) is 9.73. The number of piperazine rings is 1. The van der Waals surface area contributed by atoms with Gasteiger partial charge in [-0.1, -0.05) is 28.9 Å². The molecular weight excluding hydrogens is 511 g/mol. The topological polar surface area (TPSA) is 88.6 Å². The molecule has 2 aromatic carbocycles. The Hall–Kier alpha value is -3.28. The normalized spacial score (nSPS) is 16.4. The molecule has 196 valence electrons. The highest BCUT2D eigenvalue weighted by molar-refractivity contribution is 6.36. The largest absolute Gasteiger partial charge is 0.573 e. The van der Waals surface area contributed by atoms with Gasteiger partial charge in [0.25, 0.3) is 0 Å². The van der Waals surface area contributed by atoms with E-state index in [0.717, 1.165) is 19.6 Å². The van der Waals surface area contributed by atoms with E-state index in [4.69, 9.17) is 16.1 Å².